The minimum atomic E-state index is 0.0870. The summed E-state index contributed by atoms with van der Waals surface area (Å²) in [6.07, 6.45) is 22.6. The number of nitrogens with one attached hydrogen (secondary N) is 1. The molecule has 1 saturated heterocycles. The zero-order chi connectivity index (χ0) is 44.3. The molecule has 9 heteroatoms. The Morgan fingerprint density at radius 1 is 0.619 bits per heavy atom. The highest BCUT2D eigenvalue weighted by molar-refractivity contribution is 8.77. The fourth-order valence-electron chi connectivity index (χ4n) is 7.99. The van der Waals surface area contributed by atoms with E-state index in [1.165, 1.54) is 41.1 Å². The van der Waals surface area contributed by atoms with Gasteiger partial charge in [-0.2, -0.15) is 0 Å². The lowest BCUT2D eigenvalue weighted by Gasteiger charge is -2.26. The first kappa shape index (κ1) is 45.3. The fourth-order valence-corrected chi connectivity index (χ4v) is 11.0. The Labute approximate surface area is 383 Å². The number of amides is 1. The maximum atomic E-state index is 12.8. The van der Waals surface area contributed by atoms with Gasteiger partial charge in [0.25, 0.3) is 0 Å². The molecule has 1 amide bonds. The van der Waals surface area contributed by atoms with Gasteiger partial charge in [0.05, 0.1) is 0 Å². The Bertz CT molecular complexity index is 2460. The Morgan fingerprint density at radius 2 is 1.05 bits per heavy atom. The van der Waals surface area contributed by atoms with E-state index in [4.69, 9.17) is 5.73 Å². The minimum Gasteiger partial charge on any atom is -0.399 e. The van der Waals surface area contributed by atoms with E-state index in [2.05, 4.69) is 188 Å². The van der Waals surface area contributed by atoms with Crippen molar-refractivity contribution in [3.8, 4) is 0 Å². The Hall–Kier alpha value is -5.77. The summed E-state index contributed by atoms with van der Waals surface area (Å²) >= 11 is 0. The van der Waals surface area contributed by atoms with E-state index in [1.807, 2.05) is 45.9 Å². The van der Waals surface area contributed by atoms with Crippen molar-refractivity contribution in [2.75, 3.05) is 82.0 Å². The molecule has 4 aromatic carbocycles. The molecule has 1 heterocycles. The zero-order valence-electron chi connectivity index (χ0n) is 37.7. The van der Waals surface area contributed by atoms with E-state index < -0.39 is 0 Å². The molecule has 1 unspecified atom stereocenters. The van der Waals surface area contributed by atoms with Crippen molar-refractivity contribution in [2.24, 2.45) is 0 Å². The van der Waals surface area contributed by atoms with Gasteiger partial charge in [-0.15, -0.1) is 0 Å². The molecule has 1 fully saturated rings. The smallest absolute Gasteiger partial charge is 0.224 e. The van der Waals surface area contributed by atoms with E-state index in [9.17, 15) is 4.79 Å². The van der Waals surface area contributed by atoms with E-state index in [0.29, 0.717) is 6.42 Å². The van der Waals surface area contributed by atoms with E-state index in [-0.39, 0.29) is 5.91 Å². The molecule has 0 aromatic heterocycles. The van der Waals surface area contributed by atoms with Crippen LogP contribution in [0.25, 0.3) is 11.1 Å². The van der Waals surface area contributed by atoms with Crippen LogP contribution in [0.2, 0.25) is 0 Å². The van der Waals surface area contributed by atoms with Crippen molar-refractivity contribution in [1.29, 1.82) is 0 Å². The predicted octanol–water partition coefficient (Wildman–Crippen LogP) is 10.8. The molecule has 7 rings (SSSR count). The number of allylic oxidation sites excluding steroid dienone is 10. The summed E-state index contributed by atoms with van der Waals surface area (Å²) in [6, 6.07) is 34.2. The highest BCUT2D eigenvalue weighted by atomic mass is 33.1. The van der Waals surface area contributed by atoms with Crippen LogP contribution >= 0.6 is 21.6 Å². The van der Waals surface area contributed by atoms with Crippen LogP contribution in [0.15, 0.2) is 157 Å². The highest BCUT2D eigenvalue weighted by Gasteiger charge is 2.18. The monoisotopic (exact) mass is 874 g/mol. The van der Waals surface area contributed by atoms with Crippen molar-refractivity contribution in [2.45, 2.75) is 37.4 Å². The molecule has 3 aliphatic rings. The first-order chi connectivity index (χ1) is 30.5. The van der Waals surface area contributed by atoms with Crippen molar-refractivity contribution >= 4 is 72.8 Å². The van der Waals surface area contributed by atoms with Crippen molar-refractivity contribution in [3.05, 3.63) is 179 Å². The van der Waals surface area contributed by atoms with Gasteiger partial charge in [0.2, 0.25) is 5.91 Å². The standard InChI is InChI=1S/C54H60N6OS2/c1-57(2)47-27-15-41(16-28-47)53(39-11-23-45(55)24-12-39)43-19-31-49(32-20-43)59(5)36-37-60(6)50-33-21-44(22-34-50)54(42-17-29-48(30-18-42)58(3)4)40-13-25-46(26-14-40)56-52(61)10-8-7-9-51-35-38-62-63-51/h11-34,51,55H,7-10,35-38H2,1-6H3/p+2. The molecule has 4 aromatic rings. The molecule has 2 aliphatic carbocycles. The number of likely N-dealkylation sites (N-methyl/N-ethyl adjacent to an activating group) is 2. The Morgan fingerprint density at radius 3 is 1.46 bits per heavy atom. The molecular formula is C54H62N6OS2+2. The van der Waals surface area contributed by atoms with E-state index in [1.54, 1.807) is 0 Å². The van der Waals surface area contributed by atoms with Crippen LogP contribution in [0.4, 0.5) is 22.7 Å². The van der Waals surface area contributed by atoms with Gasteiger partial charge in [0.1, 0.15) is 28.2 Å². The summed E-state index contributed by atoms with van der Waals surface area (Å²) in [5.74, 6) is 1.34. The number of hydrogen-bond donors (Lipinski definition) is 2. The van der Waals surface area contributed by atoms with Gasteiger partial charge in [0.15, 0.2) is 11.4 Å². The molecule has 63 heavy (non-hydrogen) atoms. The first-order valence-corrected chi connectivity index (χ1v) is 24.4. The lowest BCUT2D eigenvalue weighted by atomic mass is 9.90. The third-order valence-electron chi connectivity index (χ3n) is 11.9. The average Bonchev–Trinajstić information content (AvgIpc) is 3.83. The molecule has 1 aliphatic heterocycles. The fraction of sp³-hybridized carbons (Fsp3) is 0.278. The Kier molecular flexibility index (Phi) is 15.5. The number of carbonyl (C=O) groups is 1. The van der Waals surface area contributed by atoms with Gasteiger partial charge in [-0.25, -0.2) is 9.15 Å². The van der Waals surface area contributed by atoms with Crippen molar-refractivity contribution in [3.63, 3.8) is 0 Å². The summed E-state index contributed by atoms with van der Waals surface area (Å²) in [7, 11) is 16.6. The number of unbranched alkanes of at least 4 members (excludes halogenated alkanes) is 1. The van der Waals surface area contributed by atoms with Crippen LogP contribution in [0.3, 0.4) is 0 Å². The van der Waals surface area contributed by atoms with E-state index >= 15 is 0 Å². The molecule has 0 radical (unpaired) electrons. The van der Waals surface area contributed by atoms with Crippen LogP contribution in [0.5, 0.6) is 0 Å². The van der Waals surface area contributed by atoms with Gasteiger partial charge < -0.3 is 20.9 Å². The third-order valence-corrected chi connectivity index (χ3v) is 14.9. The highest BCUT2D eigenvalue weighted by Crippen LogP contribution is 2.40. The second-order valence-corrected chi connectivity index (χ2v) is 19.7. The van der Waals surface area contributed by atoms with E-state index in [0.717, 1.165) is 87.4 Å². The molecular weight excluding hydrogens is 813 g/mol. The van der Waals surface area contributed by atoms with Crippen molar-refractivity contribution in [1.82, 2.24) is 0 Å². The van der Waals surface area contributed by atoms with Crippen LogP contribution in [0, 0.1) is 0 Å². The summed E-state index contributed by atoms with van der Waals surface area (Å²) < 4.78 is 4.24. The van der Waals surface area contributed by atoms with Crippen molar-refractivity contribution < 1.29 is 13.9 Å². The lowest BCUT2D eigenvalue weighted by Crippen LogP contribution is -2.30. The quantitative estimate of drug-likeness (QED) is 0.0537. The van der Waals surface area contributed by atoms with Gasteiger partial charge >= 0.3 is 0 Å². The number of hydrogen-bond acceptors (Lipinski definition) is 6. The van der Waals surface area contributed by atoms with Crippen LogP contribution in [-0.2, 0) is 4.79 Å². The maximum absolute atomic E-state index is 12.8. The number of nitrogens with two attached hydrogens (primary N) is 1. The second kappa shape index (κ2) is 21.5. The zero-order valence-corrected chi connectivity index (χ0v) is 39.3. The number of benzene rings is 4. The van der Waals surface area contributed by atoms with Gasteiger partial charge in [-0.3, -0.25) is 4.79 Å². The van der Waals surface area contributed by atoms with Crippen LogP contribution in [-0.4, -0.2) is 92.9 Å². The number of anilines is 4. The average molecular weight is 875 g/mol. The first-order valence-electron chi connectivity index (χ1n) is 22.0. The number of rotatable bonds is 15. The minimum absolute atomic E-state index is 0.0870. The third kappa shape index (κ3) is 12.0. The molecule has 1 atom stereocenters. The molecule has 7 nitrogen and oxygen atoms in total. The lowest BCUT2D eigenvalue weighted by molar-refractivity contribution is -0.462. The molecule has 0 spiro atoms. The summed E-state index contributed by atoms with van der Waals surface area (Å²) in [4.78, 5) is 17.4. The summed E-state index contributed by atoms with van der Waals surface area (Å²) in [6.45, 7) is 1.71. The molecule has 324 valence electrons. The Balaban J connectivity index is 1.01. The number of nitrogen functional groups attached to an aromatic ring is 1. The second-order valence-electron chi connectivity index (χ2n) is 16.9. The topological polar surface area (TPSA) is 67.6 Å². The molecule has 3 N–H and O–H groups in total. The largest absolute Gasteiger partial charge is 0.399 e. The molecule has 0 bridgehead atoms. The van der Waals surface area contributed by atoms with Gasteiger partial charge in [-0.1, -0.05) is 76.5 Å². The van der Waals surface area contributed by atoms with Crippen LogP contribution < -0.4 is 20.9 Å². The van der Waals surface area contributed by atoms with Gasteiger partial charge in [0, 0.05) is 91.7 Å². The summed E-state index contributed by atoms with van der Waals surface area (Å²) in [5.41, 5.74) is 21.5. The summed E-state index contributed by atoms with van der Waals surface area (Å²) in [5, 5.41) is 3.89. The number of carbonyl (C=O) groups excluding carboxylic acids is 1. The molecule has 0 saturated carbocycles. The van der Waals surface area contributed by atoms with Gasteiger partial charge in [-0.05, 0) is 137 Å². The normalized spacial score (nSPS) is 15.5. The maximum Gasteiger partial charge on any atom is 0.224 e. The predicted molar refractivity (Wildman–Crippen MR) is 275 cm³/mol. The number of nitrogens with zero attached hydrogens (tertiary/aromatic N) is 4. The van der Waals surface area contributed by atoms with Crippen LogP contribution in [0.1, 0.15) is 54.4 Å². The SMILES string of the molecule is CN(CCN(C)c1ccc(C(=C2C=CC(=[N+](C)C)C=C2)c2ccc(NC(=O)CCCCC3CCSS3)cc2)cc1)c1ccc(C(=C2C=CC(=[N+](C)C)C=C2)c2ccc(N)cc2)cc1.